The van der Waals surface area contributed by atoms with E-state index in [2.05, 4.69) is 95.1 Å². The minimum atomic E-state index is 0.152. The van der Waals surface area contributed by atoms with E-state index in [1.54, 1.807) is 0 Å². The second kappa shape index (κ2) is 11.9. The van der Waals surface area contributed by atoms with Gasteiger partial charge in [-0.1, -0.05) is 91.0 Å². The van der Waals surface area contributed by atoms with Crippen molar-refractivity contribution in [3.8, 4) is 22.6 Å². The third kappa shape index (κ3) is 5.78. The number of ether oxygens (including phenoxy) is 2. The van der Waals surface area contributed by atoms with Gasteiger partial charge in [-0.2, -0.15) is 0 Å². The highest BCUT2D eigenvalue weighted by molar-refractivity contribution is 5.63. The van der Waals surface area contributed by atoms with Gasteiger partial charge in [-0.3, -0.25) is 4.90 Å². The van der Waals surface area contributed by atoms with Gasteiger partial charge in [0.05, 0.1) is 12.6 Å². The van der Waals surface area contributed by atoms with Crippen molar-refractivity contribution in [3.05, 3.63) is 120 Å². The summed E-state index contributed by atoms with van der Waals surface area (Å²) in [5.74, 6) is 1.58. The van der Waals surface area contributed by atoms with E-state index in [4.69, 9.17) is 9.47 Å². The van der Waals surface area contributed by atoms with Gasteiger partial charge in [-0.15, -0.1) is 0 Å². The van der Waals surface area contributed by atoms with Crippen LogP contribution in [0.4, 0.5) is 0 Å². The molecule has 4 heteroatoms. The Balaban J connectivity index is 1.45. The molecule has 0 bridgehead atoms. The van der Waals surface area contributed by atoms with Crippen molar-refractivity contribution in [2.45, 2.75) is 19.6 Å². The molecule has 4 aromatic carbocycles. The smallest absolute Gasteiger partial charge is 0.161 e. The first kappa shape index (κ1) is 24.1. The summed E-state index contributed by atoms with van der Waals surface area (Å²) in [4.78, 5) is 2.56. The number of hydrogen-bond donors (Lipinski definition) is 1. The number of piperazine rings is 1. The van der Waals surface area contributed by atoms with E-state index in [9.17, 15) is 0 Å². The third-order valence-corrected chi connectivity index (χ3v) is 6.67. The first-order chi connectivity index (χ1) is 17.8. The molecule has 0 spiro atoms. The van der Waals surface area contributed by atoms with Crippen molar-refractivity contribution in [3.63, 3.8) is 0 Å². The molecule has 1 N–H and O–H groups in total. The maximum absolute atomic E-state index is 6.18. The molecular formula is C32H34N2O2. The molecule has 1 heterocycles. The molecule has 0 aromatic heterocycles. The van der Waals surface area contributed by atoms with Crippen LogP contribution in [0.5, 0.6) is 11.5 Å². The van der Waals surface area contributed by atoms with Crippen LogP contribution < -0.4 is 14.8 Å². The zero-order valence-electron chi connectivity index (χ0n) is 20.9. The Morgan fingerprint density at radius 2 is 1.33 bits per heavy atom. The second-order valence-corrected chi connectivity index (χ2v) is 9.09. The van der Waals surface area contributed by atoms with Gasteiger partial charge in [0, 0.05) is 26.2 Å². The Morgan fingerprint density at radius 3 is 2.03 bits per heavy atom. The molecule has 1 aliphatic heterocycles. The van der Waals surface area contributed by atoms with Gasteiger partial charge in [-0.05, 0) is 46.9 Å². The van der Waals surface area contributed by atoms with Crippen LogP contribution in [0.2, 0.25) is 0 Å². The van der Waals surface area contributed by atoms with Crippen LogP contribution in [-0.4, -0.2) is 37.7 Å². The first-order valence-electron chi connectivity index (χ1n) is 12.9. The molecule has 1 aliphatic rings. The van der Waals surface area contributed by atoms with E-state index >= 15 is 0 Å². The summed E-state index contributed by atoms with van der Waals surface area (Å²) in [6, 6.07) is 36.4. The molecule has 1 saturated heterocycles. The van der Waals surface area contributed by atoms with Gasteiger partial charge in [0.25, 0.3) is 0 Å². The molecule has 5 rings (SSSR count). The summed E-state index contributed by atoms with van der Waals surface area (Å²) in [5.41, 5.74) is 6.12. The SMILES string of the molecule is CCOc1cc(C(c2ccc(-c3ccccc3)cc2)N2CCNCC2)ccc1OCc1ccccc1. The highest BCUT2D eigenvalue weighted by Crippen LogP contribution is 2.36. The monoisotopic (exact) mass is 478 g/mol. The Hall–Kier alpha value is -3.60. The van der Waals surface area contributed by atoms with E-state index in [0.717, 1.165) is 43.2 Å². The van der Waals surface area contributed by atoms with Crippen molar-refractivity contribution in [2.75, 3.05) is 32.8 Å². The molecule has 4 nitrogen and oxygen atoms in total. The van der Waals surface area contributed by atoms with Gasteiger partial charge in [0.1, 0.15) is 6.61 Å². The summed E-state index contributed by atoms with van der Waals surface area (Å²) in [7, 11) is 0. The highest BCUT2D eigenvalue weighted by atomic mass is 16.5. The summed E-state index contributed by atoms with van der Waals surface area (Å²) >= 11 is 0. The van der Waals surface area contributed by atoms with Crippen LogP contribution in [0.1, 0.15) is 29.7 Å². The Labute approximate surface area is 214 Å². The molecule has 184 valence electrons. The lowest BCUT2D eigenvalue weighted by molar-refractivity contribution is 0.197. The predicted octanol–water partition coefficient (Wildman–Crippen LogP) is 6.33. The molecule has 36 heavy (non-hydrogen) atoms. The van der Waals surface area contributed by atoms with Crippen molar-refractivity contribution < 1.29 is 9.47 Å². The fraction of sp³-hybridized carbons (Fsp3) is 0.250. The number of nitrogens with zero attached hydrogens (tertiary/aromatic N) is 1. The average molecular weight is 479 g/mol. The normalized spacial score (nSPS) is 14.8. The van der Waals surface area contributed by atoms with Crippen molar-refractivity contribution in [2.24, 2.45) is 0 Å². The lowest BCUT2D eigenvalue weighted by Crippen LogP contribution is -2.45. The maximum atomic E-state index is 6.18. The standard InChI is InChI=1S/C32H34N2O2/c1-2-35-31-23-29(17-18-30(31)36-24-25-9-5-3-6-10-25)32(34-21-19-33-20-22-34)28-15-13-27(14-16-28)26-11-7-4-8-12-26/h3-18,23,32-33H,2,19-22,24H2,1H3. The quantitative estimate of drug-likeness (QED) is 0.305. The summed E-state index contributed by atoms with van der Waals surface area (Å²) in [5, 5.41) is 3.49. The molecule has 0 aliphatic carbocycles. The molecule has 0 amide bonds. The summed E-state index contributed by atoms with van der Waals surface area (Å²) < 4.78 is 12.2. The van der Waals surface area contributed by atoms with E-state index in [-0.39, 0.29) is 6.04 Å². The second-order valence-electron chi connectivity index (χ2n) is 9.09. The minimum absolute atomic E-state index is 0.152. The van der Waals surface area contributed by atoms with Crippen LogP contribution in [0.25, 0.3) is 11.1 Å². The van der Waals surface area contributed by atoms with Crippen molar-refractivity contribution in [1.82, 2.24) is 10.2 Å². The zero-order chi connectivity index (χ0) is 24.6. The van der Waals surface area contributed by atoms with Gasteiger partial charge < -0.3 is 14.8 Å². The average Bonchev–Trinajstić information content (AvgIpc) is 2.95. The molecular weight excluding hydrogens is 444 g/mol. The van der Waals surface area contributed by atoms with Crippen molar-refractivity contribution >= 4 is 0 Å². The molecule has 1 atom stereocenters. The molecule has 1 unspecified atom stereocenters. The fourth-order valence-electron chi connectivity index (χ4n) is 4.86. The van der Waals surface area contributed by atoms with Crippen LogP contribution in [0, 0.1) is 0 Å². The third-order valence-electron chi connectivity index (χ3n) is 6.67. The van der Waals surface area contributed by atoms with Gasteiger partial charge in [0.15, 0.2) is 11.5 Å². The fourth-order valence-corrected chi connectivity index (χ4v) is 4.86. The van der Waals surface area contributed by atoms with E-state index < -0.39 is 0 Å². The minimum Gasteiger partial charge on any atom is -0.490 e. The Bertz CT molecular complexity index is 1220. The molecule has 0 saturated carbocycles. The largest absolute Gasteiger partial charge is 0.490 e. The molecule has 1 fully saturated rings. The first-order valence-corrected chi connectivity index (χ1v) is 12.9. The van der Waals surface area contributed by atoms with Gasteiger partial charge in [-0.25, -0.2) is 0 Å². The molecule has 0 radical (unpaired) electrons. The lowest BCUT2D eigenvalue weighted by atomic mass is 9.94. The number of hydrogen-bond acceptors (Lipinski definition) is 4. The Kier molecular flexibility index (Phi) is 7.96. The van der Waals surface area contributed by atoms with Crippen LogP contribution in [0.15, 0.2) is 103 Å². The van der Waals surface area contributed by atoms with Crippen LogP contribution in [-0.2, 0) is 6.61 Å². The predicted molar refractivity (Wildman–Crippen MR) is 147 cm³/mol. The van der Waals surface area contributed by atoms with E-state index in [1.807, 2.05) is 25.1 Å². The number of benzene rings is 4. The maximum Gasteiger partial charge on any atom is 0.161 e. The van der Waals surface area contributed by atoms with Crippen LogP contribution >= 0.6 is 0 Å². The van der Waals surface area contributed by atoms with E-state index in [1.165, 1.54) is 22.3 Å². The van der Waals surface area contributed by atoms with Gasteiger partial charge in [0.2, 0.25) is 0 Å². The highest BCUT2D eigenvalue weighted by Gasteiger charge is 2.25. The summed E-state index contributed by atoms with van der Waals surface area (Å²) in [6.45, 7) is 7.12. The van der Waals surface area contributed by atoms with E-state index in [0.29, 0.717) is 13.2 Å². The zero-order valence-corrected chi connectivity index (χ0v) is 20.9. The van der Waals surface area contributed by atoms with Gasteiger partial charge >= 0.3 is 0 Å². The molecule has 4 aromatic rings. The van der Waals surface area contributed by atoms with Crippen molar-refractivity contribution in [1.29, 1.82) is 0 Å². The Morgan fingerprint density at radius 1 is 0.694 bits per heavy atom. The number of nitrogens with one attached hydrogen (secondary N) is 1. The lowest BCUT2D eigenvalue weighted by Gasteiger charge is -2.36. The van der Waals surface area contributed by atoms with Crippen LogP contribution in [0.3, 0.4) is 0 Å². The summed E-state index contributed by atoms with van der Waals surface area (Å²) in [6.07, 6.45) is 0. The number of rotatable bonds is 9. The topological polar surface area (TPSA) is 33.7 Å².